The van der Waals surface area contributed by atoms with Gasteiger partial charge in [-0.25, -0.2) is 0 Å². The first-order valence-electron chi connectivity index (χ1n) is 7.16. The molecule has 0 saturated heterocycles. The Hall–Kier alpha value is -1.59. The van der Waals surface area contributed by atoms with Gasteiger partial charge in [0.1, 0.15) is 0 Å². The summed E-state index contributed by atoms with van der Waals surface area (Å²) in [6.07, 6.45) is 1.58. The quantitative estimate of drug-likeness (QED) is 0.808. The lowest BCUT2D eigenvalue weighted by Gasteiger charge is -2.12. The number of carbonyl (C=O) groups is 2. The van der Waals surface area contributed by atoms with Crippen LogP contribution < -0.4 is 5.32 Å². The molecule has 0 radical (unpaired) electrons. The number of benzene rings is 1. The molecule has 0 aliphatic carbocycles. The third-order valence-electron chi connectivity index (χ3n) is 3.50. The summed E-state index contributed by atoms with van der Waals surface area (Å²) < 4.78 is 1.08. The molecule has 2 aromatic rings. The molecule has 0 aliphatic heterocycles. The summed E-state index contributed by atoms with van der Waals surface area (Å²) in [4.78, 5) is 23.1. The monoisotopic (exact) mass is 339 g/mol. The van der Waals surface area contributed by atoms with Gasteiger partial charge in [-0.1, -0.05) is 24.9 Å². The second kappa shape index (κ2) is 7.61. The van der Waals surface area contributed by atoms with Gasteiger partial charge in [0, 0.05) is 16.3 Å². The average Bonchev–Trinajstić information content (AvgIpc) is 2.85. The van der Waals surface area contributed by atoms with Gasteiger partial charge in [-0.2, -0.15) is 0 Å². The van der Waals surface area contributed by atoms with E-state index in [1.807, 2.05) is 30.5 Å². The van der Waals surface area contributed by atoms with Gasteiger partial charge in [-0.05, 0) is 40.9 Å². The van der Waals surface area contributed by atoms with E-state index in [0.29, 0.717) is 11.4 Å². The van der Waals surface area contributed by atoms with Gasteiger partial charge in [0.15, 0.2) is 0 Å². The van der Waals surface area contributed by atoms with Crippen molar-refractivity contribution in [1.29, 1.82) is 0 Å². The second-order valence-corrected chi connectivity index (χ2v) is 6.55. The van der Waals surface area contributed by atoms with Crippen LogP contribution in [0.25, 0.3) is 10.1 Å². The number of halogens is 1. The highest BCUT2D eigenvalue weighted by Gasteiger charge is 2.17. The molecule has 2 N–H and O–H groups in total. The Labute approximate surface area is 138 Å². The van der Waals surface area contributed by atoms with Crippen LogP contribution in [0.15, 0.2) is 23.6 Å². The highest BCUT2D eigenvalue weighted by molar-refractivity contribution is 7.17. The number of aliphatic carboxylic acids is 1. The van der Waals surface area contributed by atoms with Crippen molar-refractivity contribution in [2.45, 2.75) is 26.2 Å². The topological polar surface area (TPSA) is 66.4 Å². The number of carboxylic acid groups (broad SMARTS) is 1. The van der Waals surface area contributed by atoms with Gasteiger partial charge in [0.25, 0.3) is 0 Å². The Bertz CT molecular complexity index is 683. The molecule has 4 nitrogen and oxygen atoms in total. The zero-order chi connectivity index (χ0) is 16.1. The summed E-state index contributed by atoms with van der Waals surface area (Å²) in [5.41, 5.74) is 0.919. The number of fused-ring (bicyclic) bond motifs is 1. The molecule has 22 heavy (non-hydrogen) atoms. The lowest BCUT2D eigenvalue weighted by Crippen LogP contribution is -2.33. The molecule has 0 aliphatic rings. The predicted molar refractivity (Wildman–Crippen MR) is 89.6 cm³/mol. The van der Waals surface area contributed by atoms with Crippen molar-refractivity contribution in [1.82, 2.24) is 5.32 Å². The summed E-state index contributed by atoms with van der Waals surface area (Å²) in [7, 11) is 0. The number of hydrogen-bond donors (Lipinski definition) is 2. The maximum Gasteiger partial charge on any atom is 0.308 e. The summed E-state index contributed by atoms with van der Waals surface area (Å²) in [6, 6.07) is 5.62. The molecular formula is C16H18ClNO3S. The third-order valence-corrected chi connectivity index (χ3v) is 4.75. The Balaban J connectivity index is 1.99. The molecule has 0 fully saturated rings. The molecule has 1 atom stereocenters. The van der Waals surface area contributed by atoms with Crippen molar-refractivity contribution in [3.63, 3.8) is 0 Å². The zero-order valence-electron chi connectivity index (χ0n) is 12.3. The lowest BCUT2D eigenvalue weighted by molar-refractivity contribution is -0.141. The highest BCUT2D eigenvalue weighted by Crippen LogP contribution is 2.28. The molecule has 0 bridgehead atoms. The van der Waals surface area contributed by atoms with Crippen molar-refractivity contribution in [3.8, 4) is 0 Å². The molecule has 1 unspecified atom stereocenters. The van der Waals surface area contributed by atoms with E-state index < -0.39 is 11.9 Å². The minimum atomic E-state index is -0.866. The van der Waals surface area contributed by atoms with Gasteiger partial charge in [-0.15, -0.1) is 11.3 Å². The molecule has 6 heteroatoms. The molecule has 1 aromatic carbocycles. The molecule has 1 amide bonds. The number of nitrogens with one attached hydrogen (secondary N) is 1. The van der Waals surface area contributed by atoms with Gasteiger partial charge in [-0.3, -0.25) is 9.59 Å². The number of amides is 1. The Morgan fingerprint density at radius 1 is 1.41 bits per heavy atom. The van der Waals surface area contributed by atoms with Crippen molar-refractivity contribution >= 4 is 44.9 Å². The molecule has 0 spiro atoms. The van der Waals surface area contributed by atoms with Crippen LogP contribution >= 0.6 is 22.9 Å². The van der Waals surface area contributed by atoms with Crippen LogP contribution in [0.3, 0.4) is 0 Å². The number of carbonyl (C=O) groups excluding carboxylic acids is 1. The Kier molecular flexibility index (Phi) is 5.80. The second-order valence-electron chi connectivity index (χ2n) is 5.21. The number of rotatable bonds is 7. The van der Waals surface area contributed by atoms with E-state index in [0.717, 1.165) is 22.1 Å². The molecule has 0 saturated carbocycles. The van der Waals surface area contributed by atoms with Gasteiger partial charge < -0.3 is 10.4 Å². The lowest BCUT2D eigenvalue weighted by atomic mass is 10.0. The van der Waals surface area contributed by atoms with Crippen LogP contribution in [-0.2, 0) is 16.0 Å². The van der Waals surface area contributed by atoms with Crippen LogP contribution in [0, 0.1) is 5.92 Å². The minimum absolute atomic E-state index is 0.165. The van der Waals surface area contributed by atoms with Gasteiger partial charge in [0.2, 0.25) is 5.91 Å². The van der Waals surface area contributed by atoms with Gasteiger partial charge in [0.05, 0.1) is 12.3 Å². The highest BCUT2D eigenvalue weighted by atomic mass is 35.5. The van der Waals surface area contributed by atoms with Crippen molar-refractivity contribution in [2.24, 2.45) is 5.92 Å². The van der Waals surface area contributed by atoms with E-state index in [2.05, 4.69) is 5.32 Å². The van der Waals surface area contributed by atoms with E-state index in [4.69, 9.17) is 16.7 Å². The van der Waals surface area contributed by atoms with E-state index >= 15 is 0 Å². The number of hydrogen-bond acceptors (Lipinski definition) is 3. The smallest absolute Gasteiger partial charge is 0.308 e. The van der Waals surface area contributed by atoms with Crippen LogP contribution in [0.2, 0.25) is 5.02 Å². The van der Waals surface area contributed by atoms with Crippen LogP contribution in [0.1, 0.15) is 25.3 Å². The van der Waals surface area contributed by atoms with Crippen LogP contribution in [-0.4, -0.2) is 23.5 Å². The van der Waals surface area contributed by atoms with Crippen LogP contribution in [0.5, 0.6) is 0 Å². The third kappa shape index (κ3) is 4.21. The fourth-order valence-corrected chi connectivity index (χ4v) is 3.44. The first-order chi connectivity index (χ1) is 10.5. The molecular weight excluding hydrogens is 322 g/mol. The first-order valence-corrected chi connectivity index (χ1v) is 8.42. The molecule has 118 valence electrons. The SMILES string of the molecule is CCCC(CNC(=O)Cc1csc2ccc(Cl)cc12)C(=O)O. The van der Waals surface area contributed by atoms with E-state index in [1.165, 1.54) is 0 Å². The summed E-state index contributed by atoms with van der Waals surface area (Å²) in [6.45, 7) is 2.10. The minimum Gasteiger partial charge on any atom is -0.481 e. The summed E-state index contributed by atoms with van der Waals surface area (Å²) >= 11 is 7.56. The average molecular weight is 340 g/mol. The van der Waals surface area contributed by atoms with Crippen molar-refractivity contribution in [3.05, 3.63) is 34.2 Å². The van der Waals surface area contributed by atoms with E-state index in [9.17, 15) is 9.59 Å². The number of carboxylic acids is 1. The van der Waals surface area contributed by atoms with Crippen LogP contribution in [0.4, 0.5) is 0 Å². The molecule has 1 heterocycles. The zero-order valence-corrected chi connectivity index (χ0v) is 13.8. The largest absolute Gasteiger partial charge is 0.481 e. The van der Waals surface area contributed by atoms with E-state index in [1.54, 1.807) is 11.3 Å². The predicted octanol–water partition coefficient (Wildman–Crippen LogP) is 3.71. The Morgan fingerprint density at radius 2 is 2.18 bits per heavy atom. The van der Waals surface area contributed by atoms with Gasteiger partial charge >= 0.3 is 5.97 Å². The van der Waals surface area contributed by atoms with E-state index in [-0.39, 0.29) is 18.9 Å². The summed E-state index contributed by atoms with van der Waals surface area (Å²) in [5, 5.41) is 15.4. The number of thiophene rings is 1. The summed E-state index contributed by atoms with van der Waals surface area (Å²) in [5.74, 6) is -1.56. The maximum absolute atomic E-state index is 12.0. The molecule has 2 rings (SSSR count). The fourth-order valence-electron chi connectivity index (χ4n) is 2.32. The normalized spacial score (nSPS) is 12.3. The standard InChI is InChI=1S/C16H18ClNO3S/c1-2-3-10(16(20)21)8-18-15(19)6-11-9-22-14-5-4-12(17)7-13(11)14/h4-5,7,9-10H,2-3,6,8H2,1H3,(H,18,19)(H,20,21). The van der Waals surface area contributed by atoms with Crippen molar-refractivity contribution in [2.75, 3.05) is 6.54 Å². The Morgan fingerprint density at radius 3 is 2.86 bits per heavy atom. The molecule has 1 aromatic heterocycles. The first kappa shape index (κ1) is 16.8. The fraction of sp³-hybridized carbons (Fsp3) is 0.375. The maximum atomic E-state index is 12.0. The van der Waals surface area contributed by atoms with Crippen molar-refractivity contribution < 1.29 is 14.7 Å².